The molecule has 6 amide bonds. The van der Waals surface area contributed by atoms with E-state index in [9.17, 15) is 59.1 Å². The SMILES string of the molecule is CCCCCCCCCCCCCC[C@@H](C)[C@@H](O)C(CO[C@H]1OC(CO)[C@H](O)[C@H](O)C1O)NC(=O)OCc1ccc(NC(=O)C(CCCNC(N)=O)CC(=O)[C@@H](NC(=O)CCCCCn2cc(CCC(=O)N[C@@H](Cc3ccccc3)C(=O)CC)nn2)C(C)C)cc1. The first-order chi connectivity index (χ1) is 43.7. The van der Waals surface area contributed by atoms with E-state index < -0.39 is 85.5 Å². The van der Waals surface area contributed by atoms with Crippen LogP contribution in [0.1, 0.15) is 193 Å². The van der Waals surface area contributed by atoms with Crippen LogP contribution in [0.3, 0.4) is 0 Å². The lowest BCUT2D eigenvalue weighted by Crippen LogP contribution is -2.60. The van der Waals surface area contributed by atoms with Gasteiger partial charge in [0.15, 0.2) is 17.9 Å². The molecule has 24 heteroatoms. The zero-order valence-corrected chi connectivity index (χ0v) is 54.4. The summed E-state index contributed by atoms with van der Waals surface area (Å²) < 4.78 is 18.5. The number of aliphatic hydroxyl groups excluding tert-OH is 5. The Kier molecular flexibility index (Phi) is 36.8. The number of nitrogens with zero attached hydrogens (tertiary/aromatic N) is 3. The Labute approximate surface area is 537 Å². The van der Waals surface area contributed by atoms with E-state index in [2.05, 4.69) is 43.8 Å². The third-order valence-corrected chi connectivity index (χ3v) is 16.7. The van der Waals surface area contributed by atoms with Gasteiger partial charge in [0.1, 0.15) is 31.0 Å². The van der Waals surface area contributed by atoms with Crippen molar-refractivity contribution in [2.24, 2.45) is 23.5 Å². The highest BCUT2D eigenvalue weighted by atomic mass is 16.7. The zero-order valence-electron chi connectivity index (χ0n) is 54.4. The Morgan fingerprint density at radius 1 is 0.714 bits per heavy atom. The predicted molar refractivity (Wildman–Crippen MR) is 344 cm³/mol. The molecule has 1 aromatic heterocycles. The van der Waals surface area contributed by atoms with Crippen LogP contribution in [0.25, 0.3) is 0 Å². The van der Waals surface area contributed by atoms with Crippen molar-refractivity contribution >= 4 is 47.1 Å². The molecule has 510 valence electrons. The van der Waals surface area contributed by atoms with Gasteiger partial charge in [0, 0.05) is 63.0 Å². The molecule has 0 bridgehead atoms. The topological polar surface area (TPSA) is 365 Å². The number of aliphatic hydroxyl groups is 5. The number of carbonyl (C=O) groups is 7. The summed E-state index contributed by atoms with van der Waals surface area (Å²) in [4.78, 5) is 91.4. The average molecular weight is 1280 g/mol. The molecule has 2 heterocycles. The van der Waals surface area contributed by atoms with Crippen LogP contribution in [0.2, 0.25) is 0 Å². The van der Waals surface area contributed by atoms with E-state index in [1.807, 2.05) is 51.1 Å². The Hall–Kier alpha value is -6.41. The number of aromatic nitrogens is 3. The number of nitrogens with one attached hydrogen (secondary N) is 5. The molecule has 1 saturated heterocycles. The standard InChI is InChI=1S/C67H107N9O15/c1-6-8-9-10-11-12-13-14-15-16-17-20-26-46(5)60(82)53(44-89-65-63(85)62(84)61(83)56(42-77)91-65)72-67(88)90-43-48-31-33-50(34-32-48)70-64(86)49(29-25-37-69-66(68)87)40-55(79)59(45(3)4)73-57(80)30-23-19-24-38-76-41-51(74-75-76)35-36-58(81)71-52(54(78)7-2)39-47-27-21-18-22-28-47/h18,21-22,27-28,31-34,41,45-46,49,52-53,56,59-63,65,77,82-85H,6-17,19-20,23-26,29-30,35-40,42-44H2,1-5H3,(H,70,86)(H,71,81)(H,72,88)(H,73,80)(H3,68,69,87)/t46-,49?,52+,53?,56?,59+,60-,61+,62+,63?,65+/m1/s1. The molecule has 1 aliphatic heterocycles. The number of amides is 6. The number of unbranched alkanes of at least 4 members (excludes halogenated alkanes) is 13. The van der Waals surface area contributed by atoms with E-state index in [1.54, 1.807) is 42.1 Å². The number of anilines is 1. The van der Waals surface area contributed by atoms with Gasteiger partial charge in [0.05, 0.1) is 43.1 Å². The van der Waals surface area contributed by atoms with E-state index in [-0.39, 0.29) is 80.7 Å². The van der Waals surface area contributed by atoms with Gasteiger partial charge in [-0.15, -0.1) is 5.10 Å². The van der Waals surface area contributed by atoms with Gasteiger partial charge in [-0.25, -0.2) is 9.59 Å². The second-order valence-corrected chi connectivity index (χ2v) is 24.7. The number of aryl methyl sites for hydroxylation is 2. The summed E-state index contributed by atoms with van der Waals surface area (Å²) in [6, 6.07) is 12.7. The molecule has 1 fully saturated rings. The lowest BCUT2D eigenvalue weighted by atomic mass is 9.89. The van der Waals surface area contributed by atoms with E-state index in [1.165, 1.54) is 51.4 Å². The highest BCUT2D eigenvalue weighted by Crippen LogP contribution is 2.25. The number of carbonyl (C=O) groups excluding carboxylic acids is 7. The molecule has 11 atom stereocenters. The first kappa shape index (κ1) is 77.0. The van der Waals surface area contributed by atoms with E-state index >= 15 is 0 Å². The maximum Gasteiger partial charge on any atom is 0.407 e. The number of urea groups is 1. The number of rotatable bonds is 47. The third kappa shape index (κ3) is 29.8. The molecule has 4 unspecified atom stereocenters. The van der Waals surface area contributed by atoms with Crippen molar-refractivity contribution in [3.05, 3.63) is 77.6 Å². The van der Waals surface area contributed by atoms with Crippen LogP contribution in [-0.4, -0.2) is 157 Å². The van der Waals surface area contributed by atoms with Crippen LogP contribution in [0.15, 0.2) is 60.8 Å². The van der Waals surface area contributed by atoms with Gasteiger partial charge in [-0.1, -0.05) is 166 Å². The van der Waals surface area contributed by atoms with Gasteiger partial charge in [-0.05, 0) is 73.6 Å². The minimum atomic E-state index is -1.69. The van der Waals surface area contributed by atoms with Crippen LogP contribution in [0.4, 0.5) is 15.3 Å². The quantitative estimate of drug-likeness (QED) is 0.0260. The molecule has 0 aliphatic carbocycles. The molecular formula is C67H107N9O15. The number of ether oxygens (including phenoxy) is 3. The number of alkyl carbamates (subject to hydrolysis) is 1. The minimum absolute atomic E-state index is 0.0364. The third-order valence-electron chi connectivity index (χ3n) is 16.7. The molecule has 91 heavy (non-hydrogen) atoms. The molecule has 2 aromatic carbocycles. The molecule has 24 nitrogen and oxygen atoms in total. The largest absolute Gasteiger partial charge is 0.445 e. The first-order valence-electron chi connectivity index (χ1n) is 33.3. The number of nitrogens with two attached hydrogens (primary N) is 1. The molecule has 3 aromatic rings. The van der Waals surface area contributed by atoms with E-state index in [0.717, 1.165) is 31.2 Å². The molecule has 12 N–H and O–H groups in total. The van der Waals surface area contributed by atoms with E-state index in [4.69, 9.17) is 19.9 Å². The van der Waals surface area contributed by atoms with Crippen LogP contribution >= 0.6 is 0 Å². The predicted octanol–water partition coefficient (Wildman–Crippen LogP) is 6.78. The van der Waals surface area contributed by atoms with Crippen molar-refractivity contribution in [1.82, 2.24) is 36.3 Å². The summed E-state index contributed by atoms with van der Waals surface area (Å²) in [5.41, 5.74) is 7.80. The van der Waals surface area contributed by atoms with E-state index in [0.29, 0.717) is 74.9 Å². The Morgan fingerprint density at radius 2 is 1.36 bits per heavy atom. The fourth-order valence-corrected chi connectivity index (χ4v) is 11.0. The number of benzene rings is 2. The molecule has 0 saturated carbocycles. The summed E-state index contributed by atoms with van der Waals surface area (Å²) in [7, 11) is 0. The first-order valence-corrected chi connectivity index (χ1v) is 33.3. The van der Waals surface area contributed by atoms with Crippen molar-refractivity contribution in [2.75, 3.05) is 25.1 Å². The van der Waals surface area contributed by atoms with Crippen molar-refractivity contribution in [3.8, 4) is 0 Å². The highest BCUT2D eigenvalue weighted by molar-refractivity contribution is 5.97. The Morgan fingerprint density at radius 3 is 2.00 bits per heavy atom. The second kappa shape index (κ2) is 43.4. The van der Waals surface area contributed by atoms with Crippen molar-refractivity contribution < 1.29 is 73.3 Å². The zero-order chi connectivity index (χ0) is 66.5. The summed E-state index contributed by atoms with van der Waals surface area (Å²) in [5.74, 6) is -2.83. The van der Waals surface area contributed by atoms with Crippen LogP contribution in [0.5, 0.6) is 0 Å². The van der Waals surface area contributed by atoms with Gasteiger partial charge in [-0.2, -0.15) is 0 Å². The van der Waals surface area contributed by atoms with Gasteiger partial charge >= 0.3 is 12.1 Å². The van der Waals surface area contributed by atoms with Gasteiger partial charge in [0.25, 0.3) is 0 Å². The fourth-order valence-electron chi connectivity index (χ4n) is 11.0. The molecule has 4 rings (SSSR count). The normalized spacial score (nSPS) is 18.5. The monoisotopic (exact) mass is 1280 g/mol. The van der Waals surface area contributed by atoms with Gasteiger partial charge < -0.3 is 72.1 Å². The smallest absolute Gasteiger partial charge is 0.407 e. The van der Waals surface area contributed by atoms with Crippen LogP contribution in [-0.2, 0) is 64.2 Å². The summed E-state index contributed by atoms with van der Waals surface area (Å²) >= 11 is 0. The Bertz CT molecular complexity index is 2590. The average Bonchev–Trinajstić information content (AvgIpc) is 1.97. The van der Waals surface area contributed by atoms with Crippen molar-refractivity contribution in [3.63, 3.8) is 0 Å². The number of hydrogen-bond acceptors (Lipinski definition) is 17. The van der Waals surface area contributed by atoms with Gasteiger partial charge in [0.2, 0.25) is 17.7 Å². The molecule has 0 radical (unpaired) electrons. The Balaban J connectivity index is 1.25. The van der Waals surface area contributed by atoms with Crippen LogP contribution in [0, 0.1) is 17.8 Å². The lowest BCUT2D eigenvalue weighted by molar-refractivity contribution is -0.303. The maximum absolute atomic E-state index is 14.0. The summed E-state index contributed by atoms with van der Waals surface area (Å²) in [6.07, 6.45) is 10.6. The van der Waals surface area contributed by atoms with Crippen molar-refractivity contribution in [1.29, 1.82) is 0 Å². The molecule has 0 spiro atoms. The summed E-state index contributed by atoms with van der Waals surface area (Å²) in [5, 5.41) is 74.7. The fraction of sp³-hybridized carbons (Fsp3) is 0.687. The number of hydrogen-bond donors (Lipinski definition) is 11. The minimum Gasteiger partial charge on any atom is -0.445 e. The number of primary amides is 1. The van der Waals surface area contributed by atoms with Crippen LogP contribution < -0.4 is 32.3 Å². The number of ketones is 2. The second-order valence-electron chi connectivity index (χ2n) is 24.7. The maximum atomic E-state index is 14.0. The molecular weight excluding hydrogens is 1170 g/mol. The van der Waals surface area contributed by atoms with Gasteiger partial charge in [-0.3, -0.25) is 28.7 Å². The highest BCUT2D eigenvalue weighted by Gasteiger charge is 2.45. The summed E-state index contributed by atoms with van der Waals surface area (Å²) in [6.45, 7) is 8.92. The number of Topliss-reactive ketones (excluding diaryl/α,β-unsaturated/α-hetero) is 2. The van der Waals surface area contributed by atoms with Crippen molar-refractivity contribution in [2.45, 2.75) is 257 Å². The molecule has 1 aliphatic rings. The lowest BCUT2D eigenvalue weighted by Gasteiger charge is -2.40.